The first-order valence-corrected chi connectivity index (χ1v) is 4.69. The van der Waals surface area contributed by atoms with E-state index in [4.69, 9.17) is 11.6 Å². The van der Waals surface area contributed by atoms with Gasteiger partial charge in [0.2, 0.25) is 0 Å². The lowest BCUT2D eigenvalue weighted by Gasteiger charge is -2.07. The lowest BCUT2D eigenvalue weighted by Crippen LogP contribution is -2.09. The van der Waals surface area contributed by atoms with Crippen LogP contribution in [0.2, 0.25) is 5.02 Å². The van der Waals surface area contributed by atoms with Gasteiger partial charge in [0, 0.05) is 0 Å². The zero-order valence-corrected chi connectivity index (χ0v) is 8.96. The Hall–Kier alpha value is -1.43. The van der Waals surface area contributed by atoms with Crippen LogP contribution < -0.4 is 0 Å². The van der Waals surface area contributed by atoms with E-state index in [0.29, 0.717) is 0 Å². The van der Waals surface area contributed by atoms with Crippen LogP contribution in [0.3, 0.4) is 0 Å². The molecule has 0 aromatic carbocycles. The lowest BCUT2D eigenvalue weighted by molar-refractivity contribution is 0.0517. The van der Waals surface area contributed by atoms with Crippen LogP contribution in [0.25, 0.3) is 0 Å². The van der Waals surface area contributed by atoms with Crippen LogP contribution in [0, 0.1) is 0 Å². The van der Waals surface area contributed by atoms with Crippen molar-refractivity contribution in [2.75, 3.05) is 6.61 Å². The molecule has 0 unspecified atom stereocenters. The molecule has 0 saturated carbocycles. The van der Waals surface area contributed by atoms with Crippen molar-refractivity contribution in [2.24, 2.45) is 0 Å². The quantitative estimate of drug-likeness (QED) is 0.839. The number of hydrogen-bond acceptors (Lipinski definition) is 4. The number of aromatic nitrogens is 1. The molecule has 0 amide bonds. The Labute approximate surface area is 94.8 Å². The van der Waals surface area contributed by atoms with Crippen molar-refractivity contribution in [3.05, 3.63) is 22.5 Å². The predicted octanol–water partition coefficient (Wildman–Crippen LogP) is 2.55. The second-order valence-electron chi connectivity index (χ2n) is 2.74. The van der Waals surface area contributed by atoms with Crippen molar-refractivity contribution in [1.82, 2.24) is 4.98 Å². The number of halogens is 3. The van der Waals surface area contributed by atoms with Gasteiger partial charge in [-0.05, 0) is 13.0 Å². The predicted molar refractivity (Wildman–Crippen MR) is 51.8 cm³/mol. The SMILES string of the molecule is CCOC(=O)c1cc(Cl)c(O)c(C(F)F)n1. The molecular formula is C9H8ClF2NO3. The van der Waals surface area contributed by atoms with Crippen LogP contribution in [0.1, 0.15) is 29.5 Å². The molecule has 0 aliphatic carbocycles. The Balaban J connectivity index is 3.18. The average molecular weight is 252 g/mol. The fraction of sp³-hybridized carbons (Fsp3) is 0.333. The zero-order chi connectivity index (χ0) is 12.3. The smallest absolute Gasteiger partial charge is 0.356 e. The minimum atomic E-state index is -3.02. The lowest BCUT2D eigenvalue weighted by atomic mass is 10.2. The minimum Gasteiger partial charge on any atom is -0.504 e. The van der Waals surface area contributed by atoms with E-state index in [1.165, 1.54) is 0 Å². The number of ether oxygens (including phenoxy) is 1. The normalized spacial score (nSPS) is 10.6. The molecule has 16 heavy (non-hydrogen) atoms. The molecule has 1 rings (SSSR count). The van der Waals surface area contributed by atoms with Gasteiger partial charge in [0.15, 0.2) is 17.1 Å². The maximum atomic E-state index is 12.4. The summed E-state index contributed by atoms with van der Waals surface area (Å²) in [4.78, 5) is 14.5. The number of pyridine rings is 1. The maximum Gasteiger partial charge on any atom is 0.356 e. The molecular weight excluding hydrogens is 244 g/mol. The van der Waals surface area contributed by atoms with Gasteiger partial charge in [-0.2, -0.15) is 0 Å². The summed E-state index contributed by atoms with van der Waals surface area (Å²) in [5.41, 5.74) is -1.30. The maximum absolute atomic E-state index is 12.4. The van der Waals surface area contributed by atoms with Crippen LogP contribution in [0.4, 0.5) is 8.78 Å². The van der Waals surface area contributed by atoms with Gasteiger partial charge in [0.05, 0.1) is 11.6 Å². The molecule has 0 bridgehead atoms. The topological polar surface area (TPSA) is 59.4 Å². The van der Waals surface area contributed by atoms with Gasteiger partial charge in [0.25, 0.3) is 6.43 Å². The molecule has 0 aliphatic rings. The van der Waals surface area contributed by atoms with Crippen molar-refractivity contribution in [3.63, 3.8) is 0 Å². The van der Waals surface area contributed by atoms with Gasteiger partial charge in [-0.25, -0.2) is 18.6 Å². The van der Waals surface area contributed by atoms with Crippen LogP contribution in [-0.2, 0) is 4.74 Å². The van der Waals surface area contributed by atoms with E-state index in [0.717, 1.165) is 6.07 Å². The third-order valence-electron chi connectivity index (χ3n) is 1.66. The highest BCUT2D eigenvalue weighted by atomic mass is 35.5. The molecule has 0 aliphatic heterocycles. The molecule has 4 nitrogen and oxygen atoms in total. The van der Waals surface area contributed by atoms with Gasteiger partial charge >= 0.3 is 5.97 Å². The monoisotopic (exact) mass is 251 g/mol. The van der Waals surface area contributed by atoms with Crippen LogP contribution >= 0.6 is 11.6 Å². The van der Waals surface area contributed by atoms with E-state index < -0.39 is 23.8 Å². The Morgan fingerprint density at radius 3 is 2.81 bits per heavy atom. The summed E-state index contributed by atoms with van der Waals surface area (Å²) < 4.78 is 29.4. The van der Waals surface area contributed by atoms with Gasteiger partial charge < -0.3 is 9.84 Å². The molecule has 0 spiro atoms. The van der Waals surface area contributed by atoms with Gasteiger partial charge in [-0.15, -0.1) is 0 Å². The van der Waals surface area contributed by atoms with E-state index in [1.54, 1.807) is 6.92 Å². The second-order valence-corrected chi connectivity index (χ2v) is 3.15. The summed E-state index contributed by atoms with van der Waals surface area (Å²) in [7, 11) is 0. The summed E-state index contributed by atoms with van der Waals surface area (Å²) >= 11 is 5.48. The number of hydrogen-bond donors (Lipinski definition) is 1. The fourth-order valence-electron chi connectivity index (χ4n) is 0.987. The Morgan fingerprint density at radius 1 is 1.69 bits per heavy atom. The molecule has 1 aromatic heterocycles. The van der Waals surface area contributed by atoms with E-state index in [-0.39, 0.29) is 17.3 Å². The first kappa shape index (κ1) is 12.6. The number of carbonyl (C=O) groups is 1. The van der Waals surface area contributed by atoms with Crippen molar-refractivity contribution >= 4 is 17.6 Å². The molecule has 0 saturated heterocycles. The second kappa shape index (κ2) is 5.07. The third kappa shape index (κ3) is 2.57. The minimum absolute atomic E-state index is 0.0863. The number of rotatable bonds is 3. The van der Waals surface area contributed by atoms with Crippen LogP contribution in [-0.4, -0.2) is 22.7 Å². The summed E-state index contributed by atoms with van der Waals surface area (Å²) in [6.45, 7) is 1.65. The van der Waals surface area contributed by atoms with Crippen LogP contribution in [0.15, 0.2) is 6.07 Å². The average Bonchev–Trinajstić information content (AvgIpc) is 2.21. The third-order valence-corrected chi connectivity index (χ3v) is 1.95. The highest BCUT2D eigenvalue weighted by molar-refractivity contribution is 6.32. The summed E-state index contributed by atoms with van der Waals surface area (Å²) in [5, 5.41) is 8.81. The van der Waals surface area contributed by atoms with Crippen LogP contribution in [0.5, 0.6) is 5.75 Å². The molecule has 88 valence electrons. The van der Waals surface area contributed by atoms with E-state index in [1.807, 2.05) is 0 Å². The highest BCUT2D eigenvalue weighted by Gasteiger charge is 2.21. The molecule has 7 heteroatoms. The first-order chi connectivity index (χ1) is 7.47. The van der Waals surface area contributed by atoms with Gasteiger partial charge in [-0.3, -0.25) is 0 Å². The number of esters is 1. The van der Waals surface area contributed by atoms with Crippen molar-refractivity contribution in [3.8, 4) is 5.75 Å². The standard InChI is InChI=1S/C9H8ClF2NO3/c1-2-16-9(15)5-3-4(10)7(14)6(13-5)8(11)12/h3,8,14H,2H2,1H3. The summed E-state index contributed by atoms with van der Waals surface area (Å²) in [5.74, 6) is -1.70. The first-order valence-electron chi connectivity index (χ1n) is 4.32. The molecule has 0 atom stereocenters. The van der Waals surface area contributed by atoms with Crippen molar-refractivity contribution < 1.29 is 23.4 Å². The number of nitrogens with zero attached hydrogens (tertiary/aromatic N) is 1. The Kier molecular flexibility index (Phi) is 4.00. The number of aromatic hydroxyl groups is 1. The summed E-state index contributed by atoms with van der Waals surface area (Å²) in [6, 6.07) is 0.973. The Bertz CT molecular complexity index is 412. The van der Waals surface area contributed by atoms with E-state index in [9.17, 15) is 18.7 Å². The number of carbonyl (C=O) groups excluding carboxylic acids is 1. The molecule has 0 fully saturated rings. The number of alkyl halides is 2. The molecule has 0 radical (unpaired) electrons. The van der Waals surface area contributed by atoms with E-state index in [2.05, 4.69) is 9.72 Å². The van der Waals surface area contributed by atoms with Crippen molar-refractivity contribution in [1.29, 1.82) is 0 Å². The van der Waals surface area contributed by atoms with E-state index >= 15 is 0 Å². The van der Waals surface area contributed by atoms with Gasteiger partial charge in [-0.1, -0.05) is 11.6 Å². The highest BCUT2D eigenvalue weighted by Crippen LogP contribution is 2.33. The van der Waals surface area contributed by atoms with Gasteiger partial charge in [0.1, 0.15) is 0 Å². The Morgan fingerprint density at radius 2 is 2.31 bits per heavy atom. The zero-order valence-electron chi connectivity index (χ0n) is 8.21. The van der Waals surface area contributed by atoms with Crippen molar-refractivity contribution in [2.45, 2.75) is 13.3 Å². The molecule has 1 aromatic rings. The largest absolute Gasteiger partial charge is 0.504 e. The molecule has 1 heterocycles. The fourth-order valence-corrected chi connectivity index (χ4v) is 1.19. The summed E-state index contributed by atoms with van der Waals surface area (Å²) in [6.07, 6.45) is -3.02. The molecule has 1 N–H and O–H groups in total.